The average molecular weight is 974 g/mol. The maximum absolute atomic E-state index is 2.38. The number of hydrogen-bond acceptors (Lipinski definition) is 0. The summed E-state index contributed by atoms with van der Waals surface area (Å²) in [5.41, 5.74) is 0. The molecule has 0 aromatic carbocycles. The van der Waals surface area contributed by atoms with Crippen LogP contribution in [0.25, 0.3) is 0 Å². The molecule has 0 heterocycles. The van der Waals surface area contributed by atoms with Gasteiger partial charge in [0.1, 0.15) is 0 Å². The summed E-state index contributed by atoms with van der Waals surface area (Å²) in [6, 6.07) is 0. The van der Waals surface area contributed by atoms with E-state index in [1.165, 1.54) is 244 Å². The lowest BCUT2D eigenvalue weighted by Crippen LogP contribution is -2.13. The number of rotatable bonds is 52. The van der Waals surface area contributed by atoms with Crippen molar-refractivity contribution in [1.82, 2.24) is 0 Å². The van der Waals surface area contributed by atoms with E-state index in [4.69, 9.17) is 0 Å². The highest BCUT2D eigenvalue weighted by atomic mass is 31.2. The van der Waals surface area contributed by atoms with Gasteiger partial charge in [-0.25, -0.2) is 0 Å². The standard InChI is InChI=1S/C32H68P2.C28H60P2/c1-6-11-16-21-22-27-32(33(28-23-17-12-7-2)29-24-18-13-8-3)34(30-25-19-14-9-4)31-26-20-15-10-5;1-6-11-16-17-18-23-28(29(24-19-12-7-2)25-20-13-8-3)30(26-21-14-9-4)27-22-15-10-5/h32H,6-31H2,1-5H3;28H,6-27H2,1-5H3. The van der Waals surface area contributed by atoms with Gasteiger partial charge in [-0.2, -0.15) is 0 Å². The summed E-state index contributed by atoms with van der Waals surface area (Å²) in [6.07, 6.45) is 71.9. The van der Waals surface area contributed by atoms with Crippen molar-refractivity contribution < 1.29 is 0 Å². The van der Waals surface area contributed by atoms with Crippen LogP contribution in [0.3, 0.4) is 0 Å². The molecule has 0 amide bonds. The molecule has 64 heavy (non-hydrogen) atoms. The molecule has 388 valence electrons. The minimum Gasteiger partial charge on any atom is -0.0991 e. The highest BCUT2D eigenvalue weighted by Gasteiger charge is 2.29. The van der Waals surface area contributed by atoms with Gasteiger partial charge in [-0.1, -0.05) is 294 Å². The second-order valence-corrected chi connectivity index (χ2v) is 32.2. The van der Waals surface area contributed by atoms with E-state index in [2.05, 4.69) is 69.2 Å². The lowest BCUT2D eigenvalue weighted by molar-refractivity contribution is 0.617. The van der Waals surface area contributed by atoms with Crippen LogP contribution in [0, 0.1) is 0 Å². The number of unbranched alkanes of at least 4 members (excludes halogenated alkanes) is 28. The van der Waals surface area contributed by atoms with E-state index in [9.17, 15) is 0 Å². The Morgan fingerprint density at radius 2 is 0.312 bits per heavy atom. The van der Waals surface area contributed by atoms with Crippen molar-refractivity contribution in [3.05, 3.63) is 0 Å². The third-order valence-electron chi connectivity index (χ3n) is 14.2. The van der Waals surface area contributed by atoms with Crippen LogP contribution < -0.4 is 0 Å². The molecule has 0 nitrogen and oxygen atoms in total. The molecule has 0 aliphatic rings. The lowest BCUT2D eigenvalue weighted by atomic mass is 10.1. The molecular weight excluding hydrogens is 845 g/mol. The predicted molar refractivity (Wildman–Crippen MR) is 316 cm³/mol. The van der Waals surface area contributed by atoms with E-state index in [-0.39, 0.29) is 31.7 Å². The van der Waals surface area contributed by atoms with Gasteiger partial charge in [0.25, 0.3) is 0 Å². The predicted octanol–water partition coefficient (Wildman–Crippen LogP) is 24.4. The molecule has 0 saturated carbocycles. The normalized spacial score (nSPS) is 12.0. The summed E-state index contributed by atoms with van der Waals surface area (Å²) in [5, 5.41) is 2.30. The van der Waals surface area contributed by atoms with Crippen molar-refractivity contribution >= 4 is 31.7 Å². The van der Waals surface area contributed by atoms with E-state index in [0.29, 0.717) is 0 Å². The monoisotopic (exact) mass is 973 g/mol. The highest BCUT2D eigenvalue weighted by Crippen LogP contribution is 2.63. The summed E-state index contributed by atoms with van der Waals surface area (Å²) in [6.45, 7) is 23.7. The Labute approximate surface area is 415 Å². The summed E-state index contributed by atoms with van der Waals surface area (Å²) in [4.78, 5) is 0. The van der Waals surface area contributed by atoms with Crippen LogP contribution in [0.2, 0.25) is 0 Å². The molecule has 0 atom stereocenters. The first kappa shape index (κ1) is 67.8. The quantitative estimate of drug-likeness (QED) is 0.0421. The van der Waals surface area contributed by atoms with Crippen LogP contribution in [-0.2, 0) is 0 Å². The molecule has 0 spiro atoms. The summed E-state index contributed by atoms with van der Waals surface area (Å²) in [7, 11) is 1.07. The largest absolute Gasteiger partial charge is 0.0991 e. The van der Waals surface area contributed by atoms with Gasteiger partial charge in [0.15, 0.2) is 0 Å². The smallest absolute Gasteiger partial charge is 0.000583 e. The van der Waals surface area contributed by atoms with Gasteiger partial charge < -0.3 is 0 Å². The fraction of sp³-hybridized carbons (Fsp3) is 1.00. The second-order valence-electron chi connectivity index (χ2n) is 20.6. The minimum absolute atomic E-state index is 0.259. The Balaban J connectivity index is 0. The highest BCUT2D eigenvalue weighted by molar-refractivity contribution is 7.76. The Hall–Kier alpha value is 1.72. The molecule has 0 aliphatic carbocycles. The average Bonchev–Trinajstić information content (AvgIpc) is 3.30. The van der Waals surface area contributed by atoms with Gasteiger partial charge in [0.2, 0.25) is 0 Å². The van der Waals surface area contributed by atoms with Crippen LogP contribution in [0.4, 0.5) is 0 Å². The van der Waals surface area contributed by atoms with E-state index < -0.39 is 0 Å². The van der Waals surface area contributed by atoms with Gasteiger partial charge >= 0.3 is 0 Å². The van der Waals surface area contributed by atoms with Crippen molar-refractivity contribution in [3.63, 3.8) is 0 Å². The lowest BCUT2D eigenvalue weighted by Gasteiger charge is -2.36. The maximum atomic E-state index is 2.38. The fourth-order valence-electron chi connectivity index (χ4n) is 9.92. The van der Waals surface area contributed by atoms with Gasteiger partial charge in [-0.05, 0) is 124 Å². The molecule has 0 unspecified atom stereocenters. The van der Waals surface area contributed by atoms with Gasteiger partial charge in [0, 0.05) is 0 Å². The van der Waals surface area contributed by atoms with Crippen molar-refractivity contribution in [2.45, 2.75) is 337 Å². The van der Waals surface area contributed by atoms with Gasteiger partial charge in [-0.3, -0.25) is 0 Å². The zero-order valence-corrected chi connectivity index (χ0v) is 50.5. The third kappa shape index (κ3) is 43.7. The Morgan fingerprint density at radius 1 is 0.172 bits per heavy atom. The van der Waals surface area contributed by atoms with Crippen LogP contribution in [-0.4, -0.2) is 60.1 Å². The molecule has 0 aromatic heterocycles. The van der Waals surface area contributed by atoms with Crippen LogP contribution >= 0.6 is 31.7 Å². The molecule has 0 N–H and O–H groups in total. The zero-order chi connectivity index (χ0) is 47.4. The SMILES string of the molecule is CCCCCCCC(P(CCCCC)CCCCC)P(CCCCC)CCCCC.CCCCCCCC(P(CCCCCC)CCCCCC)P(CCCCCC)CCCCCC. The molecule has 0 aromatic rings. The first-order valence-corrected chi connectivity index (χ1v) is 37.6. The first-order valence-electron chi connectivity index (χ1n) is 30.5. The molecule has 0 aliphatic heterocycles. The van der Waals surface area contributed by atoms with Crippen molar-refractivity contribution in [2.75, 3.05) is 49.3 Å². The topological polar surface area (TPSA) is 0 Å². The Morgan fingerprint density at radius 3 is 0.500 bits per heavy atom. The third-order valence-corrected chi connectivity index (χ3v) is 29.7. The molecule has 0 radical (unpaired) electrons. The van der Waals surface area contributed by atoms with Crippen LogP contribution in [0.15, 0.2) is 0 Å². The molecule has 0 fully saturated rings. The van der Waals surface area contributed by atoms with Gasteiger partial charge in [-0.15, -0.1) is 0 Å². The van der Waals surface area contributed by atoms with Crippen molar-refractivity contribution in [1.29, 1.82) is 0 Å². The van der Waals surface area contributed by atoms with Gasteiger partial charge in [0.05, 0.1) is 0 Å². The van der Waals surface area contributed by atoms with Crippen molar-refractivity contribution in [3.8, 4) is 0 Å². The summed E-state index contributed by atoms with van der Waals surface area (Å²) < 4.78 is 0. The second kappa shape index (κ2) is 57.3. The molecule has 0 bridgehead atoms. The fourth-order valence-corrected chi connectivity index (χ4v) is 26.9. The van der Waals surface area contributed by atoms with E-state index in [1.807, 2.05) is 0 Å². The molecular formula is C60H128P4. The first-order chi connectivity index (χ1) is 31.5. The summed E-state index contributed by atoms with van der Waals surface area (Å²) >= 11 is 0. The Bertz CT molecular complexity index is 723. The zero-order valence-electron chi connectivity index (χ0n) is 46.9. The summed E-state index contributed by atoms with van der Waals surface area (Å²) in [5.74, 6) is 0. The molecule has 0 saturated heterocycles. The Kier molecular flexibility index (Phi) is 60.7. The molecule has 0 rings (SSSR count). The van der Waals surface area contributed by atoms with E-state index in [1.54, 1.807) is 62.1 Å². The van der Waals surface area contributed by atoms with Crippen LogP contribution in [0.1, 0.15) is 326 Å². The van der Waals surface area contributed by atoms with E-state index >= 15 is 0 Å². The maximum Gasteiger partial charge on any atom is -0.000583 e. The van der Waals surface area contributed by atoms with Crippen LogP contribution in [0.5, 0.6) is 0 Å². The minimum atomic E-state index is 0.259. The van der Waals surface area contributed by atoms with E-state index in [0.717, 1.165) is 10.8 Å². The molecule has 4 heteroatoms. The number of hydrogen-bond donors (Lipinski definition) is 0. The van der Waals surface area contributed by atoms with Crippen molar-refractivity contribution in [2.24, 2.45) is 0 Å².